The summed E-state index contributed by atoms with van der Waals surface area (Å²) in [6.07, 6.45) is 42.6. The maximum absolute atomic E-state index is 12.7. The molecular weight excluding hydrogens is 697 g/mol. The van der Waals surface area contributed by atoms with Crippen LogP contribution in [0, 0.1) is 11.8 Å². The number of hydrogen-bond acceptors (Lipinski definition) is 6. The van der Waals surface area contributed by atoms with E-state index in [1.165, 1.54) is 161 Å². The minimum absolute atomic E-state index is 0.0659. The van der Waals surface area contributed by atoms with E-state index in [9.17, 15) is 14.4 Å². The molecule has 0 spiro atoms. The van der Waals surface area contributed by atoms with Crippen molar-refractivity contribution in [1.82, 2.24) is 0 Å². The molecule has 0 saturated heterocycles. The molecule has 0 saturated carbocycles. The zero-order chi connectivity index (χ0) is 41.2. The van der Waals surface area contributed by atoms with Crippen LogP contribution in [0.3, 0.4) is 0 Å². The van der Waals surface area contributed by atoms with Gasteiger partial charge in [-0.1, -0.05) is 234 Å². The standard InChI is InChI=1S/C50H96O6/c1-6-8-9-10-11-12-13-14-15-16-17-18-19-20-21-22-23-30-35-40-48(51)54-43-47(44-55-49(52)41-36-31-26-24-28-33-38-45(3)4)56-50(53)42-37-32-27-25-29-34-39-46(5)7-2/h45-47H,6-44H2,1-5H3/t46?,47-/m0/s1. The molecule has 0 aromatic carbocycles. The van der Waals surface area contributed by atoms with Crippen LogP contribution in [0.15, 0.2) is 0 Å². The van der Waals surface area contributed by atoms with Gasteiger partial charge in [0.25, 0.3) is 0 Å². The summed E-state index contributed by atoms with van der Waals surface area (Å²) in [5.74, 6) is 0.712. The maximum Gasteiger partial charge on any atom is 0.306 e. The van der Waals surface area contributed by atoms with Crippen LogP contribution < -0.4 is 0 Å². The lowest BCUT2D eigenvalue weighted by Crippen LogP contribution is -2.30. The predicted octanol–water partition coefficient (Wildman–Crippen LogP) is 15.8. The molecule has 0 aliphatic rings. The first-order chi connectivity index (χ1) is 27.3. The van der Waals surface area contributed by atoms with Crippen LogP contribution in [-0.2, 0) is 28.6 Å². The Bertz CT molecular complexity index is 856. The average Bonchev–Trinajstić information content (AvgIpc) is 3.18. The second-order valence-corrected chi connectivity index (χ2v) is 17.8. The number of unbranched alkanes of at least 4 members (excludes halogenated alkanes) is 28. The molecule has 56 heavy (non-hydrogen) atoms. The van der Waals surface area contributed by atoms with E-state index < -0.39 is 6.10 Å². The van der Waals surface area contributed by atoms with E-state index in [1.807, 2.05) is 0 Å². The zero-order valence-electron chi connectivity index (χ0n) is 38.3. The van der Waals surface area contributed by atoms with E-state index >= 15 is 0 Å². The van der Waals surface area contributed by atoms with Gasteiger partial charge in [-0.05, 0) is 31.1 Å². The van der Waals surface area contributed by atoms with Gasteiger partial charge >= 0.3 is 17.9 Å². The van der Waals surface area contributed by atoms with E-state index in [4.69, 9.17) is 14.2 Å². The average molecular weight is 793 g/mol. The maximum atomic E-state index is 12.7. The molecule has 0 N–H and O–H groups in total. The fraction of sp³-hybridized carbons (Fsp3) is 0.940. The Labute approximate surface area is 348 Å². The molecule has 0 amide bonds. The number of carbonyl (C=O) groups is 3. The lowest BCUT2D eigenvalue weighted by atomic mass is 10.00. The first-order valence-corrected chi connectivity index (χ1v) is 24.8. The summed E-state index contributed by atoms with van der Waals surface area (Å²) in [7, 11) is 0. The summed E-state index contributed by atoms with van der Waals surface area (Å²) in [5, 5.41) is 0. The van der Waals surface area contributed by atoms with Crippen LogP contribution in [0.2, 0.25) is 0 Å². The van der Waals surface area contributed by atoms with Gasteiger partial charge in [-0.15, -0.1) is 0 Å². The molecule has 0 radical (unpaired) electrons. The number of rotatable bonds is 44. The fourth-order valence-electron chi connectivity index (χ4n) is 7.43. The third kappa shape index (κ3) is 42.0. The Hall–Kier alpha value is -1.59. The number of carbonyl (C=O) groups excluding carboxylic acids is 3. The summed E-state index contributed by atoms with van der Waals surface area (Å²) in [6, 6.07) is 0. The molecule has 1 unspecified atom stereocenters. The summed E-state index contributed by atoms with van der Waals surface area (Å²) >= 11 is 0. The Balaban J connectivity index is 4.20. The van der Waals surface area contributed by atoms with Gasteiger partial charge in [-0.3, -0.25) is 14.4 Å². The van der Waals surface area contributed by atoms with E-state index in [0.29, 0.717) is 19.3 Å². The van der Waals surface area contributed by atoms with Crippen molar-refractivity contribution in [3.8, 4) is 0 Å². The van der Waals surface area contributed by atoms with Crippen molar-refractivity contribution in [3.63, 3.8) is 0 Å². The van der Waals surface area contributed by atoms with E-state index in [0.717, 1.165) is 69.6 Å². The summed E-state index contributed by atoms with van der Waals surface area (Å²) in [6.45, 7) is 11.3. The molecule has 0 heterocycles. The molecule has 2 atom stereocenters. The van der Waals surface area contributed by atoms with Crippen LogP contribution >= 0.6 is 0 Å². The third-order valence-corrected chi connectivity index (χ3v) is 11.6. The summed E-state index contributed by atoms with van der Waals surface area (Å²) < 4.78 is 16.7. The van der Waals surface area contributed by atoms with Crippen molar-refractivity contribution in [2.24, 2.45) is 11.8 Å². The molecular formula is C50H96O6. The van der Waals surface area contributed by atoms with E-state index in [1.54, 1.807) is 0 Å². The third-order valence-electron chi connectivity index (χ3n) is 11.6. The van der Waals surface area contributed by atoms with Crippen molar-refractivity contribution in [2.45, 2.75) is 278 Å². The Morgan fingerprint density at radius 3 is 1.02 bits per heavy atom. The normalized spacial score (nSPS) is 12.5. The topological polar surface area (TPSA) is 78.9 Å². The number of hydrogen-bond donors (Lipinski definition) is 0. The lowest BCUT2D eigenvalue weighted by Gasteiger charge is -2.18. The van der Waals surface area contributed by atoms with Gasteiger partial charge in [-0.25, -0.2) is 0 Å². The molecule has 0 rings (SSSR count). The molecule has 0 aliphatic heterocycles. The van der Waals surface area contributed by atoms with Gasteiger partial charge in [0.05, 0.1) is 0 Å². The molecule has 0 aromatic heterocycles. The number of esters is 3. The molecule has 332 valence electrons. The van der Waals surface area contributed by atoms with Gasteiger partial charge in [-0.2, -0.15) is 0 Å². The fourth-order valence-corrected chi connectivity index (χ4v) is 7.43. The van der Waals surface area contributed by atoms with Gasteiger partial charge in [0, 0.05) is 19.3 Å². The first kappa shape index (κ1) is 54.4. The smallest absolute Gasteiger partial charge is 0.306 e. The van der Waals surface area contributed by atoms with Crippen LogP contribution in [-0.4, -0.2) is 37.2 Å². The second-order valence-electron chi connectivity index (χ2n) is 17.8. The monoisotopic (exact) mass is 793 g/mol. The minimum Gasteiger partial charge on any atom is -0.462 e. The van der Waals surface area contributed by atoms with Crippen LogP contribution in [0.25, 0.3) is 0 Å². The van der Waals surface area contributed by atoms with Crippen molar-refractivity contribution in [2.75, 3.05) is 13.2 Å². The Morgan fingerprint density at radius 1 is 0.375 bits per heavy atom. The van der Waals surface area contributed by atoms with Crippen molar-refractivity contribution in [1.29, 1.82) is 0 Å². The highest BCUT2D eigenvalue weighted by Gasteiger charge is 2.19. The van der Waals surface area contributed by atoms with Crippen molar-refractivity contribution in [3.05, 3.63) is 0 Å². The van der Waals surface area contributed by atoms with Crippen molar-refractivity contribution < 1.29 is 28.6 Å². The van der Waals surface area contributed by atoms with Gasteiger partial charge < -0.3 is 14.2 Å². The molecule has 6 heteroatoms. The molecule has 0 fully saturated rings. The predicted molar refractivity (Wildman–Crippen MR) is 238 cm³/mol. The molecule has 0 aromatic rings. The largest absolute Gasteiger partial charge is 0.462 e. The highest BCUT2D eigenvalue weighted by atomic mass is 16.6. The SMILES string of the molecule is CCCCCCCCCCCCCCCCCCCCCC(=O)OC[C@@H](COC(=O)CCCCCCCCC(C)C)OC(=O)CCCCCCCCC(C)CC. The van der Waals surface area contributed by atoms with E-state index in [2.05, 4.69) is 34.6 Å². The lowest BCUT2D eigenvalue weighted by molar-refractivity contribution is -0.167. The summed E-state index contributed by atoms with van der Waals surface area (Å²) in [5.41, 5.74) is 0. The minimum atomic E-state index is -0.762. The van der Waals surface area contributed by atoms with E-state index in [-0.39, 0.29) is 31.1 Å². The summed E-state index contributed by atoms with van der Waals surface area (Å²) in [4.78, 5) is 37.7. The van der Waals surface area contributed by atoms with Crippen LogP contribution in [0.4, 0.5) is 0 Å². The van der Waals surface area contributed by atoms with Gasteiger partial charge in [0.1, 0.15) is 13.2 Å². The molecule has 0 aliphatic carbocycles. The van der Waals surface area contributed by atoms with Crippen LogP contribution in [0.1, 0.15) is 272 Å². The van der Waals surface area contributed by atoms with Gasteiger partial charge in [0.2, 0.25) is 0 Å². The Morgan fingerprint density at radius 2 is 0.679 bits per heavy atom. The quantitative estimate of drug-likeness (QED) is 0.0347. The molecule has 0 bridgehead atoms. The highest BCUT2D eigenvalue weighted by molar-refractivity contribution is 5.71. The second kappa shape index (κ2) is 43.0. The van der Waals surface area contributed by atoms with Crippen LogP contribution in [0.5, 0.6) is 0 Å². The first-order valence-electron chi connectivity index (χ1n) is 24.8. The number of ether oxygens (including phenoxy) is 3. The Kier molecular flexibility index (Phi) is 41.8. The van der Waals surface area contributed by atoms with Crippen molar-refractivity contribution >= 4 is 17.9 Å². The zero-order valence-corrected chi connectivity index (χ0v) is 38.3. The highest BCUT2D eigenvalue weighted by Crippen LogP contribution is 2.17. The molecule has 6 nitrogen and oxygen atoms in total. The van der Waals surface area contributed by atoms with Gasteiger partial charge in [0.15, 0.2) is 6.10 Å².